The highest BCUT2D eigenvalue weighted by Gasteiger charge is 2.41. The van der Waals surface area contributed by atoms with Crippen molar-refractivity contribution in [2.75, 3.05) is 0 Å². The van der Waals surface area contributed by atoms with Crippen LogP contribution < -0.4 is 4.72 Å². The number of nitrogens with one attached hydrogen (secondary N) is 1. The number of rotatable bonds is 5. The molecule has 0 unspecified atom stereocenters. The number of nitrogens with zero attached hydrogens (tertiary/aromatic N) is 1. The Kier molecular flexibility index (Phi) is 3.75. The van der Waals surface area contributed by atoms with Gasteiger partial charge in [-0.3, -0.25) is 10.1 Å². The maximum Gasteiger partial charge on any atom is 0.325 e. The molecule has 0 saturated heterocycles. The second-order valence-corrected chi connectivity index (χ2v) is 8.33. The van der Waals surface area contributed by atoms with Gasteiger partial charge in [0.2, 0.25) is 0 Å². The lowest BCUT2D eigenvalue weighted by atomic mass is 10.1. The second-order valence-electron chi connectivity index (χ2n) is 5.33. The molecule has 1 aromatic carbocycles. The van der Waals surface area contributed by atoms with Gasteiger partial charge in [-0.15, -0.1) is 0 Å². The summed E-state index contributed by atoms with van der Waals surface area (Å²) in [4.78, 5) is 10.1. The minimum Gasteiger partial charge on any atom is -0.258 e. The van der Waals surface area contributed by atoms with E-state index in [-0.39, 0.29) is 21.2 Å². The van der Waals surface area contributed by atoms with Gasteiger partial charge in [0.25, 0.3) is 10.0 Å². The first-order chi connectivity index (χ1) is 10.4. The lowest BCUT2D eigenvalue weighted by molar-refractivity contribution is -0.380. The summed E-state index contributed by atoms with van der Waals surface area (Å²) in [6.45, 7) is 2.00. The van der Waals surface area contributed by atoms with Gasteiger partial charge in [-0.2, -0.15) is 0 Å². The quantitative estimate of drug-likeness (QED) is 0.670. The van der Waals surface area contributed by atoms with Crippen molar-refractivity contribution in [3.8, 4) is 0 Å². The van der Waals surface area contributed by atoms with Crippen molar-refractivity contribution in [3.63, 3.8) is 0 Å². The van der Waals surface area contributed by atoms with E-state index in [1.54, 1.807) is 0 Å². The summed E-state index contributed by atoms with van der Waals surface area (Å²) in [5.74, 6) is 0.172. The van der Waals surface area contributed by atoms with Crippen LogP contribution >= 0.6 is 11.3 Å². The predicted molar refractivity (Wildman–Crippen MR) is 83.6 cm³/mol. The Bertz CT molecular complexity index is 812. The molecule has 0 bridgehead atoms. The Balaban J connectivity index is 1.70. The van der Waals surface area contributed by atoms with Gasteiger partial charge in [-0.25, -0.2) is 13.1 Å². The summed E-state index contributed by atoms with van der Waals surface area (Å²) in [5.41, 5.74) is 2.27. The molecule has 1 aliphatic carbocycles. The fourth-order valence-electron chi connectivity index (χ4n) is 2.32. The normalized spacial score (nSPS) is 20.8. The third kappa shape index (κ3) is 3.03. The van der Waals surface area contributed by atoms with Gasteiger partial charge in [0.05, 0.1) is 4.92 Å². The van der Waals surface area contributed by atoms with Gasteiger partial charge in [0, 0.05) is 18.0 Å². The van der Waals surface area contributed by atoms with Crippen LogP contribution in [0.25, 0.3) is 0 Å². The highest BCUT2D eigenvalue weighted by atomic mass is 32.2. The van der Waals surface area contributed by atoms with Gasteiger partial charge in [-0.05, 0) is 36.3 Å². The summed E-state index contributed by atoms with van der Waals surface area (Å²) >= 11 is 0.667. The Morgan fingerprint density at radius 2 is 1.91 bits per heavy atom. The van der Waals surface area contributed by atoms with Crippen LogP contribution in [0, 0.1) is 17.0 Å². The zero-order valence-corrected chi connectivity index (χ0v) is 13.4. The fraction of sp³-hybridized carbons (Fsp3) is 0.286. The first-order valence-electron chi connectivity index (χ1n) is 6.70. The molecule has 1 heterocycles. The molecule has 1 fully saturated rings. The van der Waals surface area contributed by atoms with Crippen molar-refractivity contribution in [1.82, 2.24) is 4.72 Å². The first kappa shape index (κ1) is 15.1. The smallest absolute Gasteiger partial charge is 0.258 e. The van der Waals surface area contributed by atoms with Crippen LogP contribution in [0.1, 0.15) is 23.5 Å². The van der Waals surface area contributed by atoms with Crippen molar-refractivity contribution in [2.45, 2.75) is 29.5 Å². The number of aryl methyl sites for hydroxylation is 1. The van der Waals surface area contributed by atoms with Gasteiger partial charge >= 0.3 is 5.00 Å². The highest BCUT2D eigenvalue weighted by molar-refractivity contribution is 7.91. The number of hydrogen-bond donors (Lipinski definition) is 1. The van der Waals surface area contributed by atoms with Crippen molar-refractivity contribution in [2.24, 2.45) is 0 Å². The topological polar surface area (TPSA) is 89.3 Å². The zero-order chi connectivity index (χ0) is 15.9. The summed E-state index contributed by atoms with van der Waals surface area (Å²) in [6, 6.07) is 10.4. The number of thiophene rings is 1. The molecule has 1 saturated carbocycles. The molecule has 6 nitrogen and oxygen atoms in total. The van der Waals surface area contributed by atoms with Crippen LogP contribution in [0.4, 0.5) is 5.00 Å². The Morgan fingerprint density at radius 3 is 2.50 bits per heavy atom. The van der Waals surface area contributed by atoms with Gasteiger partial charge in [0.1, 0.15) is 4.21 Å². The van der Waals surface area contributed by atoms with E-state index in [2.05, 4.69) is 4.72 Å². The van der Waals surface area contributed by atoms with Crippen LogP contribution in [0.2, 0.25) is 0 Å². The van der Waals surface area contributed by atoms with Crippen LogP contribution in [-0.2, 0) is 10.0 Å². The van der Waals surface area contributed by atoms with E-state index in [1.165, 1.54) is 12.1 Å². The van der Waals surface area contributed by atoms with Crippen molar-refractivity contribution in [3.05, 3.63) is 57.6 Å². The number of benzene rings is 1. The van der Waals surface area contributed by atoms with Crippen molar-refractivity contribution in [1.29, 1.82) is 0 Å². The average Bonchev–Trinajstić information content (AvgIpc) is 3.02. The van der Waals surface area contributed by atoms with Gasteiger partial charge in [-0.1, -0.05) is 29.8 Å². The monoisotopic (exact) mass is 338 g/mol. The lowest BCUT2D eigenvalue weighted by Gasteiger charge is -2.04. The average molecular weight is 338 g/mol. The molecular weight excluding hydrogens is 324 g/mol. The number of nitro groups is 1. The van der Waals surface area contributed by atoms with E-state index in [9.17, 15) is 18.5 Å². The molecule has 1 aliphatic rings. The molecule has 3 rings (SSSR count). The molecule has 1 N–H and O–H groups in total. The molecular formula is C14H14N2O4S2. The molecule has 1 aromatic heterocycles. The lowest BCUT2D eigenvalue weighted by Crippen LogP contribution is -2.26. The summed E-state index contributed by atoms with van der Waals surface area (Å²) in [5, 5.41) is 10.5. The molecule has 22 heavy (non-hydrogen) atoms. The van der Waals surface area contributed by atoms with E-state index in [0.29, 0.717) is 11.3 Å². The second kappa shape index (κ2) is 5.45. The molecule has 2 aromatic rings. The molecule has 0 amide bonds. The van der Waals surface area contributed by atoms with E-state index in [0.717, 1.165) is 17.5 Å². The number of hydrogen-bond acceptors (Lipinski definition) is 5. The Morgan fingerprint density at radius 1 is 1.23 bits per heavy atom. The minimum absolute atomic E-state index is 0.0197. The van der Waals surface area contributed by atoms with Crippen molar-refractivity contribution >= 4 is 26.4 Å². The molecule has 2 atom stereocenters. The van der Waals surface area contributed by atoms with E-state index in [4.69, 9.17) is 0 Å². The maximum absolute atomic E-state index is 12.2. The molecule has 116 valence electrons. The van der Waals surface area contributed by atoms with E-state index in [1.807, 2.05) is 31.2 Å². The first-order valence-corrected chi connectivity index (χ1v) is 9.00. The highest BCUT2D eigenvalue weighted by Crippen LogP contribution is 2.42. The van der Waals surface area contributed by atoms with Crippen LogP contribution in [0.3, 0.4) is 0 Å². The van der Waals surface area contributed by atoms with Crippen LogP contribution in [-0.4, -0.2) is 19.4 Å². The van der Waals surface area contributed by atoms with E-state index < -0.39 is 14.9 Å². The summed E-state index contributed by atoms with van der Waals surface area (Å²) < 4.78 is 27.1. The summed E-state index contributed by atoms with van der Waals surface area (Å²) in [6.07, 6.45) is 0.746. The Hall–Kier alpha value is -1.77. The maximum atomic E-state index is 12.2. The molecule has 0 radical (unpaired) electrons. The van der Waals surface area contributed by atoms with Gasteiger partial charge in [0.15, 0.2) is 0 Å². The molecule has 8 heteroatoms. The fourth-order valence-corrected chi connectivity index (χ4v) is 4.73. The Labute approximate surface area is 132 Å². The number of sulfonamides is 1. The van der Waals surface area contributed by atoms with Gasteiger partial charge < -0.3 is 0 Å². The molecule has 0 aliphatic heterocycles. The zero-order valence-electron chi connectivity index (χ0n) is 11.7. The van der Waals surface area contributed by atoms with Crippen LogP contribution in [0.15, 0.2) is 40.6 Å². The molecule has 0 spiro atoms. The minimum atomic E-state index is -3.69. The van der Waals surface area contributed by atoms with Crippen LogP contribution in [0.5, 0.6) is 0 Å². The third-order valence-corrected chi connectivity index (χ3v) is 6.63. The summed E-state index contributed by atoms with van der Waals surface area (Å²) in [7, 11) is -3.69. The van der Waals surface area contributed by atoms with Crippen molar-refractivity contribution < 1.29 is 13.3 Å². The van der Waals surface area contributed by atoms with E-state index >= 15 is 0 Å². The SMILES string of the molecule is Cc1ccc([C@@H]2C[C@H]2NS(=O)(=O)c2ccc([N+](=O)[O-])s2)cc1. The predicted octanol–water partition coefficient (Wildman–Crippen LogP) is 2.80. The largest absolute Gasteiger partial charge is 0.325 e. The standard InChI is InChI=1S/C14H14N2O4S2/c1-9-2-4-10(5-3-9)11-8-12(11)15-22(19,20)14-7-6-13(21-14)16(17)18/h2-7,11-12,15H,8H2,1H3/t11-,12+/m0/s1. The third-order valence-electron chi connectivity index (χ3n) is 3.61.